The van der Waals surface area contributed by atoms with Gasteiger partial charge in [0.25, 0.3) is 0 Å². The smallest absolute Gasteiger partial charge is 0.492 e. The van der Waals surface area contributed by atoms with Crippen molar-refractivity contribution >= 4 is 12.4 Å². The minimum atomic E-state index is -5.32. The number of hydrogen-bond donors (Lipinski definition) is 0. The molecule has 7 heteroatoms. The summed E-state index contributed by atoms with van der Waals surface area (Å²) in [6.07, 6.45) is 3.02. The van der Waals surface area contributed by atoms with Crippen LogP contribution < -0.4 is 10.2 Å². The first-order valence-corrected chi connectivity index (χ1v) is 5.48. The van der Waals surface area contributed by atoms with Crippen LogP contribution in [-0.4, -0.2) is 12.0 Å². The van der Waals surface area contributed by atoms with Gasteiger partial charge in [-0.3, -0.25) is 4.98 Å². The Bertz CT molecular complexity index is 559. The number of halogens is 4. The monoisotopic (exact) mass is 270 g/mol. The summed E-state index contributed by atoms with van der Waals surface area (Å²) in [7, 11) is 0. The Hall–Kier alpha value is -2.05. The van der Waals surface area contributed by atoms with Gasteiger partial charge in [-0.2, -0.15) is 0 Å². The van der Waals surface area contributed by atoms with Gasteiger partial charge in [0, 0.05) is 12.4 Å². The van der Waals surface area contributed by atoms with Crippen LogP contribution in [0.5, 0.6) is 5.75 Å². The molecule has 0 atom stereocenters. The molecule has 0 amide bonds. The Kier molecular flexibility index (Phi) is 3.73. The zero-order chi connectivity index (χ0) is 13.9. The van der Waals surface area contributed by atoms with Crippen LogP contribution in [-0.2, 0) is 6.61 Å². The quantitative estimate of drug-likeness (QED) is 0.629. The summed E-state index contributed by atoms with van der Waals surface area (Å²) in [4.78, 5) is 3.79. The van der Waals surface area contributed by atoms with Crippen LogP contribution in [0.2, 0.25) is 0 Å². The average molecular weight is 270 g/mol. The summed E-state index contributed by atoms with van der Waals surface area (Å²) < 4.78 is 56.3. The first kappa shape index (κ1) is 13.4. The molecule has 0 radical (unpaired) electrons. The molecule has 0 spiro atoms. The Balaban J connectivity index is 2.21. The fraction of sp³-hybridized carbons (Fsp3) is 0.0833. The zero-order valence-corrected chi connectivity index (χ0v) is 9.69. The van der Waals surface area contributed by atoms with Crippen LogP contribution in [0.3, 0.4) is 0 Å². The van der Waals surface area contributed by atoms with Crippen LogP contribution in [0.1, 0.15) is 5.56 Å². The summed E-state index contributed by atoms with van der Waals surface area (Å²) in [6.45, 7) is -5.35. The summed E-state index contributed by atoms with van der Waals surface area (Å²) in [5, 5.41) is 0. The third kappa shape index (κ3) is 3.46. The molecule has 100 valence electrons. The molecular formula is C12H9BF4NO-. The van der Waals surface area contributed by atoms with Crippen LogP contribution in [0.25, 0.3) is 0 Å². The van der Waals surface area contributed by atoms with E-state index in [1.165, 1.54) is 12.4 Å². The molecule has 2 nitrogen and oxygen atoms in total. The standard InChI is InChI=1S/C12H9BF4NO/c14-10-1-2-12(11(7-10)13(15,16)17)19-8-9-3-5-18-6-4-9/h1-7H,8H2/q-1. The predicted octanol–water partition coefficient (Wildman–Crippen LogP) is 2.85. The van der Waals surface area contributed by atoms with Crippen LogP contribution in [0, 0.1) is 5.82 Å². The molecule has 0 fully saturated rings. The summed E-state index contributed by atoms with van der Waals surface area (Å²) in [6, 6.07) is 5.63. The van der Waals surface area contributed by atoms with Gasteiger partial charge in [0.1, 0.15) is 12.4 Å². The molecule has 0 aliphatic rings. The highest BCUT2D eigenvalue weighted by Gasteiger charge is 2.29. The third-order valence-corrected chi connectivity index (χ3v) is 2.47. The van der Waals surface area contributed by atoms with E-state index in [1.54, 1.807) is 12.1 Å². The molecule has 19 heavy (non-hydrogen) atoms. The molecule has 2 rings (SSSR count). The molecule has 0 saturated carbocycles. The van der Waals surface area contributed by atoms with Crippen LogP contribution >= 0.6 is 0 Å². The van der Waals surface area contributed by atoms with E-state index in [0.29, 0.717) is 11.6 Å². The molecule has 0 N–H and O–H groups in total. The molecule has 2 aromatic rings. The maximum Gasteiger partial charge on any atom is 0.513 e. The largest absolute Gasteiger partial charge is 0.513 e. The van der Waals surface area contributed by atoms with E-state index >= 15 is 0 Å². The van der Waals surface area contributed by atoms with Crippen molar-refractivity contribution in [3.05, 3.63) is 54.1 Å². The van der Waals surface area contributed by atoms with E-state index in [1.807, 2.05) is 0 Å². The lowest BCUT2D eigenvalue weighted by atomic mass is 9.79. The lowest BCUT2D eigenvalue weighted by Crippen LogP contribution is -2.35. The fourth-order valence-corrected chi connectivity index (χ4v) is 1.55. The molecule has 1 aromatic heterocycles. The van der Waals surface area contributed by atoms with Gasteiger partial charge in [0.05, 0.1) is 5.75 Å². The van der Waals surface area contributed by atoms with Gasteiger partial charge in [0.2, 0.25) is 0 Å². The summed E-state index contributed by atoms with van der Waals surface area (Å²) >= 11 is 0. The van der Waals surface area contributed by atoms with Gasteiger partial charge in [0.15, 0.2) is 0 Å². The molecule has 0 bridgehead atoms. The highest BCUT2D eigenvalue weighted by molar-refractivity contribution is 6.74. The number of nitrogens with zero attached hydrogens (tertiary/aromatic N) is 1. The van der Waals surface area contributed by atoms with Gasteiger partial charge in [-0.15, -0.1) is 0 Å². The normalized spacial score (nSPS) is 11.4. The third-order valence-electron chi connectivity index (χ3n) is 2.47. The molecule has 0 aliphatic heterocycles. The first-order chi connectivity index (χ1) is 8.97. The van der Waals surface area contributed by atoms with Crippen LogP contribution in [0.15, 0.2) is 42.7 Å². The van der Waals surface area contributed by atoms with Crippen molar-refractivity contribution in [2.75, 3.05) is 0 Å². The molecule has 1 heterocycles. The van der Waals surface area contributed by atoms with Crippen molar-refractivity contribution in [1.29, 1.82) is 0 Å². The topological polar surface area (TPSA) is 22.1 Å². The van der Waals surface area contributed by atoms with Crippen molar-refractivity contribution in [2.24, 2.45) is 0 Å². The Morgan fingerprint density at radius 1 is 1.05 bits per heavy atom. The maximum absolute atomic E-state index is 12.9. The van der Waals surface area contributed by atoms with E-state index in [9.17, 15) is 17.3 Å². The Morgan fingerprint density at radius 3 is 2.37 bits per heavy atom. The maximum atomic E-state index is 12.9. The lowest BCUT2D eigenvalue weighted by Gasteiger charge is -2.19. The zero-order valence-electron chi connectivity index (χ0n) is 9.69. The molecule has 0 saturated heterocycles. The second-order valence-corrected chi connectivity index (χ2v) is 3.90. The van der Waals surface area contributed by atoms with Crippen molar-refractivity contribution in [2.45, 2.75) is 6.61 Å². The van der Waals surface area contributed by atoms with Crippen molar-refractivity contribution in [3.63, 3.8) is 0 Å². The highest BCUT2D eigenvalue weighted by Crippen LogP contribution is 2.19. The van der Waals surface area contributed by atoms with E-state index in [2.05, 4.69) is 4.98 Å². The van der Waals surface area contributed by atoms with E-state index in [4.69, 9.17) is 4.74 Å². The van der Waals surface area contributed by atoms with Gasteiger partial charge in [-0.25, -0.2) is 4.39 Å². The van der Waals surface area contributed by atoms with Gasteiger partial charge < -0.3 is 17.7 Å². The van der Waals surface area contributed by atoms with Crippen molar-refractivity contribution < 1.29 is 22.1 Å². The van der Waals surface area contributed by atoms with E-state index in [-0.39, 0.29) is 12.4 Å². The van der Waals surface area contributed by atoms with E-state index in [0.717, 1.165) is 12.1 Å². The molecule has 0 aliphatic carbocycles. The number of hydrogen-bond acceptors (Lipinski definition) is 2. The van der Waals surface area contributed by atoms with Crippen LogP contribution in [0.4, 0.5) is 17.3 Å². The number of ether oxygens (including phenoxy) is 1. The van der Waals surface area contributed by atoms with E-state index < -0.39 is 18.3 Å². The molecular weight excluding hydrogens is 261 g/mol. The fourth-order valence-electron chi connectivity index (χ4n) is 1.55. The second-order valence-electron chi connectivity index (χ2n) is 3.90. The highest BCUT2D eigenvalue weighted by atomic mass is 19.4. The van der Waals surface area contributed by atoms with Gasteiger partial charge >= 0.3 is 6.98 Å². The number of benzene rings is 1. The molecule has 0 unspecified atom stereocenters. The molecule has 1 aromatic carbocycles. The minimum Gasteiger partial charge on any atom is -0.492 e. The minimum absolute atomic E-state index is 0.0344. The first-order valence-electron chi connectivity index (χ1n) is 5.48. The summed E-state index contributed by atoms with van der Waals surface area (Å²) in [5.74, 6) is -1.31. The number of rotatable bonds is 4. The second kappa shape index (κ2) is 5.30. The van der Waals surface area contributed by atoms with Crippen molar-refractivity contribution in [1.82, 2.24) is 4.98 Å². The van der Waals surface area contributed by atoms with Crippen molar-refractivity contribution in [3.8, 4) is 5.75 Å². The lowest BCUT2D eigenvalue weighted by molar-refractivity contribution is 0.306. The Labute approximate surface area is 107 Å². The van der Waals surface area contributed by atoms with Gasteiger partial charge in [-0.1, -0.05) is 5.46 Å². The number of aromatic nitrogens is 1. The number of pyridine rings is 1. The average Bonchev–Trinajstić information content (AvgIpc) is 2.37. The Morgan fingerprint density at radius 2 is 1.74 bits per heavy atom. The van der Waals surface area contributed by atoms with Gasteiger partial charge in [-0.05, 0) is 35.9 Å². The summed E-state index contributed by atoms with van der Waals surface area (Å²) in [5.41, 5.74) is -0.381. The SMILES string of the molecule is Fc1ccc(OCc2ccncc2)c([B-](F)(F)F)c1. The predicted molar refractivity (Wildman–Crippen MR) is 63.7 cm³/mol.